The Morgan fingerprint density at radius 3 is 2.69 bits per heavy atom. The van der Waals surface area contributed by atoms with Gasteiger partial charge in [-0.1, -0.05) is 24.6 Å². The number of aryl methyl sites for hydroxylation is 1. The number of alkyl halides is 3. The van der Waals surface area contributed by atoms with Gasteiger partial charge in [0.25, 0.3) is 0 Å². The van der Waals surface area contributed by atoms with Crippen molar-refractivity contribution >= 4 is 10.9 Å². The molecule has 4 aromatic rings. The molecule has 0 amide bonds. The Morgan fingerprint density at radius 1 is 1.25 bits per heavy atom. The highest BCUT2D eigenvalue weighted by molar-refractivity contribution is 5.94. The normalized spacial score (nSPS) is 15.8. The third-order valence-corrected chi connectivity index (χ3v) is 6.28. The van der Waals surface area contributed by atoms with E-state index in [1.54, 1.807) is 6.33 Å². The predicted octanol–water partition coefficient (Wildman–Crippen LogP) is 4.16. The third-order valence-electron chi connectivity index (χ3n) is 6.28. The van der Waals surface area contributed by atoms with E-state index in [0.29, 0.717) is 22.5 Å². The van der Waals surface area contributed by atoms with Gasteiger partial charge in [0.15, 0.2) is 0 Å². The molecule has 0 spiro atoms. The average Bonchev–Trinajstić information content (AvgIpc) is 3.35. The molecule has 0 saturated heterocycles. The first-order chi connectivity index (χ1) is 15.4. The van der Waals surface area contributed by atoms with Crippen molar-refractivity contribution in [3.05, 3.63) is 59.4 Å². The maximum atomic E-state index is 13.4. The predicted molar refractivity (Wildman–Crippen MR) is 112 cm³/mol. The van der Waals surface area contributed by atoms with Crippen molar-refractivity contribution in [2.45, 2.75) is 37.9 Å². The minimum absolute atomic E-state index is 0.0633. The lowest BCUT2D eigenvalue weighted by Gasteiger charge is -2.33. The van der Waals surface area contributed by atoms with Crippen LogP contribution in [0.1, 0.15) is 48.0 Å². The molecule has 3 N–H and O–H groups in total. The van der Waals surface area contributed by atoms with Crippen LogP contribution in [0, 0.1) is 5.92 Å². The van der Waals surface area contributed by atoms with Crippen LogP contribution in [0.2, 0.25) is 0 Å². The summed E-state index contributed by atoms with van der Waals surface area (Å²) in [5.74, 6) is 1.40. The van der Waals surface area contributed by atoms with Crippen LogP contribution in [0.4, 0.5) is 13.2 Å². The van der Waals surface area contributed by atoms with Crippen LogP contribution in [-0.4, -0.2) is 29.9 Å². The number of halogens is 3. The molecule has 166 valence electrons. The van der Waals surface area contributed by atoms with E-state index in [1.165, 1.54) is 6.42 Å². The molecule has 32 heavy (non-hydrogen) atoms. The molecule has 0 radical (unpaired) electrons. The molecule has 3 heterocycles. The fraction of sp³-hybridized carbons (Fsp3) is 0.364. The number of hydrogen-bond acceptors (Lipinski definition) is 5. The third kappa shape index (κ3) is 3.44. The van der Waals surface area contributed by atoms with Gasteiger partial charge in [-0.25, -0.2) is 4.98 Å². The van der Waals surface area contributed by atoms with Gasteiger partial charge in [-0.15, -0.1) is 10.2 Å². The summed E-state index contributed by atoms with van der Waals surface area (Å²) in [4.78, 5) is 3.69. The maximum absolute atomic E-state index is 13.4. The van der Waals surface area contributed by atoms with Gasteiger partial charge < -0.3 is 10.3 Å². The largest absolute Gasteiger partial charge is 0.433 e. The van der Waals surface area contributed by atoms with Crippen molar-refractivity contribution in [3.8, 4) is 11.3 Å². The van der Waals surface area contributed by atoms with Crippen LogP contribution in [0.15, 0.2) is 36.7 Å². The van der Waals surface area contributed by atoms with Gasteiger partial charge in [-0.3, -0.25) is 5.10 Å². The second kappa shape index (κ2) is 7.70. The number of nitrogens with one attached hydrogen (secondary N) is 1. The zero-order chi connectivity index (χ0) is 22.5. The molecule has 1 aliphatic rings. The molecular weight excluding hydrogens is 419 g/mol. The molecule has 0 bridgehead atoms. The highest BCUT2D eigenvalue weighted by atomic mass is 19.4. The highest BCUT2D eigenvalue weighted by Crippen LogP contribution is 2.43. The minimum Gasteiger partial charge on any atom is -0.325 e. The van der Waals surface area contributed by atoms with Crippen LogP contribution in [0.25, 0.3) is 22.2 Å². The van der Waals surface area contributed by atoms with Crippen LogP contribution >= 0.6 is 0 Å². The Labute approximate surface area is 181 Å². The molecule has 0 aliphatic heterocycles. The van der Waals surface area contributed by atoms with Gasteiger partial charge >= 0.3 is 6.18 Å². The number of H-pyrrole nitrogens is 1. The van der Waals surface area contributed by atoms with E-state index in [4.69, 9.17) is 5.73 Å². The fourth-order valence-corrected chi connectivity index (χ4v) is 4.45. The second-order valence-corrected chi connectivity index (χ2v) is 8.25. The Bertz CT molecular complexity index is 1270. The molecule has 1 aromatic carbocycles. The Hall–Kier alpha value is -3.27. The lowest BCUT2D eigenvalue weighted by Crippen LogP contribution is -2.24. The van der Waals surface area contributed by atoms with E-state index in [1.807, 2.05) is 35.9 Å². The molecule has 1 fully saturated rings. The topological polar surface area (TPSA) is 98.3 Å². The van der Waals surface area contributed by atoms with Crippen molar-refractivity contribution in [2.24, 2.45) is 18.7 Å². The summed E-state index contributed by atoms with van der Waals surface area (Å²) >= 11 is 0. The Kier molecular flexibility index (Phi) is 4.96. The van der Waals surface area contributed by atoms with Gasteiger partial charge in [0.05, 0.1) is 11.2 Å². The fourth-order valence-electron chi connectivity index (χ4n) is 4.45. The van der Waals surface area contributed by atoms with Crippen molar-refractivity contribution in [2.75, 3.05) is 0 Å². The van der Waals surface area contributed by atoms with Crippen LogP contribution in [-0.2, 0) is 19.8 Å². The van der Waals surface area contributed by atoms with Crippen molar-refractivity contribution in [1.82, 2.24) is 29.9 Å². The zero-order valence-corrected chi connectivity index (χ0v) is 17.4. The molecule has 1 aliphatic carbocycles. The monoisotopic (exact) mass is 441 g/mol. The van der Waals surface area contributed by atoms with E-state index < -0.39 is 11.9 Å². The van der Waals surface area contributed by atoms with Crippen molar-refractivity contribution in [1.29, 1.82) is 0 Å². The van der Waals surface area contributed by atoms with Gasteiger partial charge in [-0.05, 0) is 36.5 Å². The molecule has 1 atom stereocenters. The molecule has 1 saturated carbocycles. The quantitative estimate of drug-likeness (QED) is 0.485. The van der Waals surface area contributed by atoms with Crippen molar-refractivity contribution < 1.29 is 13.2 Å². The first-order valence-corrected chi connectivity index (χ1v) is 10.5. The molecule has 10 heteroatoms. The number of nitrogens with two attached hydrogens (primary N) is 1. The zero-order valence-electron chi connectivity index (χ0n) is 17.4. The lowest BCUT2D eigenvalue weighted by atomic mass is 9.72. The Morgan fingerprint density at radius 2 is 2.06 bits per heavy atom. The van der Waals surface area contributed by atoms with E-state index in [0.717, 1.165) is 35.9 Å². The molecular formula is C22H22F3N7. The van der Waals surface area contributed by atoms with Crippen LogP contribution < -0.4 is 5.73 Å². The van der Waals surface area contributed by atoms with Gasteiger partial charge in [0.2, 0.25) is 0 Å². The summed E-state index contributed by atoms with van der Waals surface area (Å²) in [5, 5.41) is 15.9. The first-order valence-electron chi connectivity index (χ1n) is 10.5. The summed E-state index contributed by atoms with van der Waals surface area (Å²) in [6, 6.07) is 8.81. The summed E-state index contributed by atoms with van der Waals surface area (Å²) in [6.45, 7) is -0.127. The summed E-state index contributed by atoms with van der Waals surface area (Å²) in [7, 11) is 1.92. The van der Waals surface area contributed by atoms with E-state index in [-0.39, 0.29) is 18.2 Å². The number of aromatic amines is 1. The summed E-state index contributed by atoms with van der Waals surface area (Å²) in [6.07, 6.45) is 0.500. The number of hydrogen-bond donors (Lipinski definition) is 2. The smallest absolute Gasteiger partial charge is 0.325 e. The van der Waals surface area contributed by atoms with E-state index in [9.17, 15) is 13.2 Å². The van der Waals surface area contributed by atoms with Crippen LogP contribution in [0.3, 0.4) is 0 Å². The SMILES string of the molecule is Cn1cnnc1C(c1cccc(-c2n[nH]c3c(CN)nc(C(F)(F)F)cc23)c1)C1CCC1. The number of benzene rings is 1. The van der Waals surface area contributed by atoms with Gasteiger partial charge in [-0.2, -0.15) is 18.3 Å². The van der Waals surface area contributed by atoms with Crippen LogP contribution in [0.5, 0.6) is 0 Å². The van der Waals surface area contributed by atoms with Gasteiger partial charge in [0, 0.05) is 30.5 Å². The maximum Gasteiger partial charge on any atom is 0.433 e. The van der Waals surface area contributed by atoms with E-state index >= 15 is 0 Å². The van der Waals surface area contributed by atoms with Crippen molar-refractivity contribution in [3.63, 3.8) is 0 Å². The number of fused-ring (bicyclic) bond motifs is 1. The van der Waals surface area contributed by atoms with E-state index in [2.05, 4.69) is 25.4 Å². The Balaban J connectivity index is 1.64. The standard InChI is InChI=1S/C22H22F3N7/c1-32-11-27-31-21(32)18(12-4-2-5-12)13-6-3-7-14(8-13)19-15-9-17(22(23,24)25)28-16(10-26)20(15)30-29-19/h3,6-9,11-12,18H,2,4-5,10,26H2,1H3,(H,29,30). The lowest BCUT2D eigenvalue weighted by molar-refractivity contribution is -0.141. The number of pyridine rings is 1. The number of nitrogens with zero attached hydrogens (tertiary/aromatic N) is 5. The average molecular weight is 441 g/mol. The first kappa shape index (κ1) is 20.6. The summed E-state index contributed by atoms with van der Waals surface area (Å²) in [5.41, 5.74) is 7.46. The molecule has 5 rings (SSSR count). The van der Waals surface area contributed by atoms with Gasteiger partial charge in [0.1, 0.15) is 23.5 Å². The number of aromatic nitrogens is 6. The minimum atomic E-state index is -4.57. The number of rotatable bonds is 5. The molecule has 3 aromatic heterocycles. The molecule has 7 nitrogen and oxygen atoms in total. The molecule has 1 unspecified atom stereocenters. The second-order valence-electron chi connectivity index (χ2n) is 8.25. The summed E-state index contributed by atoms with van der Waals surface area (Å²) < 4.78 is 42.2. The highest BCUT2D eigenvalue weighted by Gasteiger charge is 2.35.